The molecule has 5 nitrogen and oxygen atoms in total. The standard InChI is InChI=1S/C14H17ClN2O3/c1-4-20-14(19)17-13(18)9(2)8-16-12-7-5-6-11(15)10(12)3/h5-8,16H,4H2,1-3H3,(H,17,18,19)/b9-8+. The van der Waals surface area contributed by atoms with Crippen molar-refractivity contribution in [2.45, 2.75) is 20.8 Å². The quantitative estimate of drug-likeness (QED) is 0.837. The van der Waals surface area contributed by atoms with Crippen LogP contribution in [0.25, 0.3) is 0 Å². The van der Waals surface area contributed by atoms with Crippen molar-refractivity contribution < 1.29 is 14.3 Å². The third kappa shape index (κ3) is 4.59. The first kappa shape index (κ1) is 16.0. The molecular weight excluding hydrogens is 280 g/mol. The maximum atomic E-state index is 11.7. The van der Waals surface area contributed by atoms with Crippen LogP contribution in [-0.2, 0) is 9.53 Å². The lowest BCUT2D eigenvalue weighted by atomic mass is 10.2. The summed E-state index contributed by atoms with van der Waals surface area (Å²) < 4.78 is 4.62. The Kier molecular flexibility index (Phi) is 6.06. The number of carbonyl (C=O) groups excluding carboxylic acids is 2. The van der Waals surface area contributed by atoms with Crippen LogP contribution in [0.15, 0.2) is 30.0 Å². The van der Waals surface area contributed by atoms with Gasteiger partial charge in [-0.15, -0.1) is 0 Å². The van der Waals surface area contributed by atoms with Crippen molar-refractivity contribution >= 4 is 29.3 Å². The molecule has 0 spiro atoms. The molecule has 0 heterocycles. The highest BCUT2D eigenvalue weighted by Crippen LogP contribution is 2.22. The van der Waals surface area contributed by atoms with Crippen molar-refractivity contribution in [2.24, 2.45) is 0 Å². The number of nitrogens with one attached hydrogen (secondary N) is 2. The van der Waals surface area contributed by atoms with Gasteiger partial charge in [0.2, 0.25) is 0 Å². The van der Waals surface area contributed by atoms with Gasteiger partial charge in [0.05, 0.1) is 6.61 Å². The molecule has 0 aliphatic heterocycles. The number of alkyl carbamates (subject to hydrolysis) is 1. The zero-order chi connectivity index (χ0) is 15.1. The van der Waals surface area contributed by atoms with E-state index in [9.17, 15) is 9.59 Å². The molecule has 6 heteroatoms. The highest BCUT2D eigenvalue weighted by atomic mass is 35.5. The first-order valence-electron chi connectivity index (χ1n) is 6.12. The Hall–Kier alpha value is -2.01. The number of hydrogen-bond acceptors (Lipinski definition) is 4. The summed E-state index contributed by atoms with van der Waals surface area (Å²) in [7, 11) is 0. The SMILES string of the molecule is CCOC(=O)NC(=O)/C(C)=C/Nc1cccc(Cl)c1C. The van der Waals surface area contributed by atoms with Crippen molar-refractivity contribution in [3.05, 3.63) is 40.6 Å². The summed E-state index contributed by atoms with van der Waals surface area (Å²) in [5, 5.41) is 5.72. The average molecular weight is 297 g/mol. The van der Waals surface area contributed by atoms with E-state index in [0.717, 1.165) is 11.3 Å². The molecule has 0 aliphatic carbocycles. The lowest BCUT2D eigenvalue weighted by Crippen LogP contribution is -2.31. The molecular formula is C14H17ClN2O3. The van der Waals surface area contributed by atoms with Gasteiger partial charge < -0.3 is 10.1 Å². The fraction of sp³-hybridized carbons (Fsp3) is 0.286. The van der Waals surface area contributed by atoms with Gasteiger partial charge in [-0.05, 0) is 38.5 Å². The fourth-order valence-corrected chi connectivity index (χ4v) is 1.55. The monoisotopic (exact) mass is 296 g/mol. The first-order chi connectivity index (χ1) is 9.45. The lowest BCUT2D eigenvalue weighted by molar-refractivity contribution is -0.116. The summed E-state index contributed by atoms with van der Waals surface area (Å²) in [4.78, 5) is 22.8. The van der Waals surface area contributed by atoms with Crippen LogP contribution in [0.4, 0.5) is 10.5 Å². The van der Waals surface area contributed by atoms with E-state index < -0.39 is 12.0 Å². The average Bonchev–Trinajstić information content (AvgIpc) is 2.40. The molecule has 1 rings (SSSR count). The van der Waals surface area contributed by atoms with Crippen molar-refractivity contribution in [1.29, 1.82) is 0 Å². The van der Waals surface area contributed by atoms with Gasteiger partial charge in [0.15, 0.2) is 0 Å². The van der Waals surface area contributed by atoms with Gasteiger partial charge in [-0.1, -0.05) is 17.7 Å². The molecule has 0 saturated heterocycles. The molecule has 2 N–H and O–H groups in total. The molecule has 0 bridgehead atoms. The lowest BCUT2D eigenvalue weighted by Gasteiger charge is -2.08. The Bertz CT molecular complexity index is 541. The zero-order valence-electron chi connectivity index (χ0n) is 11.6. The Morgan fingerprint density at radius 2 is 2.10 bits per heavy atom. The zero-order valence-corrected chi connectivity index (χ0v) is 12.4. The van der Waals surface area contributed by atoms with Crippen LogP contribution in [-0.4, -0.2) is 18.6 Å². The van der Waals surface area contributed by atoms with Gasteiger partial charge in [0, 0.05) is 22.5 Å². The van der Waals surface area contributed by atoms with Crippen LogP contribution in [0.1, 0.15) is 19.4 Å². The number of benzene rings is 1. The minimum absolute atomic E-state index is 0.210. The molecule has 1 aromatic rings. The van der Waals surface area contributed by atoms with Crippen molar-refractivity contribution in [3.63, 3.8) is 0 Å². The second-order valence-electron chi connectivity index (χ2n) is 4.06. The predicted molar refractivity (Wildman–Crippen MR) is 78.7 cm³/mol. The highest BCUT2D eigenvalue weighted by Gasteiger charge is 2.10. The van der Waals surface area contributed by atoms with Crippen LogP contribution in [0.5, 0.6) is 0 Å². The summed E-state index contributed by atoms with van der Waals surface area (Å²) in [6.07, 6.45) is 0.747. The van der Waals surface area contributed by atoms with E-state index in [1.165, 1.54) is 6.20 Å². The van der Waals surface area contributed by atoms with E-state index in [0.29, 0.717) is 10.6 Å². The number of ether oxygens (including phenoxy) is 1. The van der Waals surface area contributed by atoms with Crippen LogP contribution in [0.3, 0.4) is 0 Å². The normalized spacial score (nSPS) is 10.9. The fourth-order valence-electron chi connectivity index (χ4n) is 1.37. The maximum absolute atomic E-state index is 11.7. The summed E-state index contributed by atoms with van der Waals surface area (Å²) in [5.74, 6) is -0.518. The molecule has 20 heavy (non-hydrogen) atoms. The summed E-state index contributed by atoms with van der Waals surface area (Å²) in [5.41, 5.74) is 2.02. The molecule has 0 atom stereocenters. The molecule has 0 saturated carbocycles. The number of hydrogen-bond donors (Lipinski definition) is 2. The summed E-state index contributed by atoms with van der Waals surface area (Å²) in [6.45, 7) is 5.33. The molecule has 108 valence electrons. The number of imide groups is 1. The van der Waals surface area contributed by atoms with E-state index in [1.807, 2.05) is 13.0 Å². The van der Waals surface area contributed by atoms with Gasteiger partial charge in [-0.2, -0.15) is 0 Å². The van der Waals surface area contributed by atoms with E-state index in [-0.39, 0.29) is 6.61 Å². The van der Waals surface area contributed by atoms with Crippen molar-refractivity contribution in [1.82, 2.24) is 5.32 Å². The van der Waals surface area contributed by atoms with Gasteiger partial charge in [-0.25, -0.2) is 4.79 Å². The Labute approximate surface area is 123 Å². The molecule has 0 radical (unpaired) electrons. The number of carbonyl (C=O) groups is 2. The number of anilines is 1. The van der Waals surface area contributed by atoms with Gasteiger partial charge in [0.1, 0.15) is 0 Å². The predicted octanol–water partition coefficient (Wildman–Crippen LogP) is 3.24. The second-order valence-corrected chi connectivity index (χ2v) is 4.47. The Balaban J connectivity index is 2.67. The number of rotatable bonds is 4. The van der Waals surface area contributed by atoms with Crippen LogP contribution >= 0.6 is 11.6 Å². The minimum Gasteiger partial charge on any atom is -0.450 e. The molecule has 0 fully saturated rings. The van der Waals surface area contributed by atoms with E-state index in [4.69, 9.17) is 11.6 Å². The first-order valence-corrected chi connectivity index (χ1v) is 6.50. The summed E-state index contributed by atoms with van der Waals surface area (Å²) >= 11 is 5.99. The van der Waals surface area contributed by atoms with Crippen LogP contribution in [0.2, 0.25) is 5.02 Å². The second kappa shape index (κ2) is 7.55. The largest absolute Gasteiger partial charge is 0.450 e. The van der Waals surface area contributed by atoms with Crippen molar-refractivity contribution in [2.75, 3.05) is 11.9 Å². The van der Waals surface area contributed by atoms with E-state index >= 15 is 0 Å². The van der Waals surface area contributed by atoms with Gasteiger partial charge in [-0.3, -0.25) is 10.1 Å². The van der Waals surface area contributed by atoms with Crippen LogP contribution < -0.4 is 10.6 Å². The minimum atomic E-state index is -0.760. The smallest absolute Gasteiger partial charge is 0.414 e. The molecule has 2 amide bonds. The molecule has 0 unspecified atom stereocenters. The molecule has 0 aromatic heterocycles. The molecule has 1 aromatic carbocycles. The van der Waals surface area contributed by atoms with Gasteiger partial charge in [0.25, 0.3) is 5.91 Å². The van der Waals surface area contributed by atoms with Crippen LogP contribution in [0, 0.1) is 6.92 Å². The summed E-state index contributed by atoms with van der Waals surface area (Å²) in [6, 6.07) is 5.43. The van der Waals surface area contributed by atoms with E-state index in [2.05, 4.69) is 15.4 Å². The van der Waals surface area contributed by atoms with Crippen molar-refractivity contribution in [3.8, 4) is 0 Å². The third-order valence-electron chi connectivity index (χ3n) is 2.56. The van der Waals surface area contributed by atoms with Gasteiger partial charge >= 0.3 is 6.09 Å². The Morgan fingerprint density at radius 3 is 2.75 bits per heavy atom. The molecule has 0 aliphatic rings. The topological polar surface area (TPSA) is 67.4 Å². The third-order valence-corrected chi connectivity index (χ3v) is 2.97. The maximum Gasteiger partial charge on any atom is 0.414 e. The van der Waals surface area contributed by atoms with E-state index in [1.54, 1.807) is 26.0 Å². The Morgan fingerprint density at radius 1 is 1.40 bits per heavy atom. The number of amides is 2. The highest BCUT2D eigenvalue weighted by molar-refractivity contribution is 6.31. The number of halogens is 1.